The SMILES string of the molecule is CC(C)c1ccccc1NCC1Cc2ccccc21. The van der Waals surface area contributed by atoms with Crippen LogP contribution in [-0.2, 0) is 6.42 Å². The van der Waals surface area contributed by atoms with Gasteiger partial charge >= 0.3 is 0 Å². The summed E-state index contributed by atoms with van der Waals surface area (Å²) in [4.78, 5) is 0. The van der Waals surface area contributed by atoms with Crippen LogP contribution < -0.4 is 5.32 Å². The molecule has 0 aromatic heterocycles. The van der Waals surface area contributed by atoms with E-state index in [4.69, 9.17) is 0 Å². The molecule has 1 aliphatic carbocycles. The van der Waals surface area contributed by atoms with Gasteiger partial charge in [0, 0.05) is 18.2 Å². The highest BCUT2D eigenvalue weighted by molar-refractivity contribution is 5.53. The standard InChI is InChI=1S/C18H21N/c1-13(2)16-8-5-6-10-18(16)19-12-15-11-14-7-3-4-9-17(14)15/h3-10,13,15,19H,11-12H2,1-2H3. The Morgan fingerprint density at radius 1 is 1.05 bits per heavy atom. The average Bonchev–Trinajstić information content (AvgIpc) is 2.40. The minimum Gasteiger partial charge on any atom is -0.384 e. The number of nitrogens with one attached hydrogen (secondary N) is 1. The third-order valence-electron chi connectivity index (χ3n) is 4.08. The van der Waals surface area contributed by atoms with Crippen LogP contribution in [0.15, 0.2) is 48.5 Å². The largest absolute Gasteiger partial charge is 0.384 e. The van der Waals surface area contributed by atoms with Crippen LogP contribution in [0.4, 0.5) is 5.69 Å². The number of benzene rings is 2. The van der Waals surface area contributed by atoms with Crippen molar-refractivity contribution in [3.05, 3.63) is 65.2 Å². The lowest BCUT2D eigenvalue weighted by Crippen LogP contribution is -2.24. The molecule has 1 atom stereocenters. The number of hydrogen-bond donors (Lipinski definition) is 1. The maximum Gasteiger partial charge on any atom is 0.0375 e. The zero-order chi connectivity index (χ0) is 13.2. The fraction of sp³-hybridized carbons (Fsp3) is 0.333. The lowest BCUT2D eigenvalue weighted by Gasteiger charge is -2.31. The summed E-state index contributed by atoms with van der Waals surface area (Å²) in [6.07, 6.45) is 1.22. The first-order valence-corrected chi connectivity index (χ1v) is 7.16. The summed E-state index contributed by atoms with van der Waals surface area (Å²) >= 11 is 0. The summed E-state index contributed by atoms with van der Waals surface area (Å²) in [5, 5.41) is 3.64. The monoisotopic (exact) mass is 251 g/mol. The second-order valence-electron chi connectivity index (χ2n) is 5.72. The molecule has 1 N–H and O–H groups in total. The van der Waals surface area contributed by atoms with Gasteiger partial charge in [-0.1, -0.05) is 56.3 Å². The Kier molecular flexibility index (Phi) is 3.29. The Balaban J connectivity index is 1.69. The van der Waals surface area contributed by atoms with Gasteiger partial charge in [0.25, 0.3) is 0 Å². The molecule has 0 bridgehead atoms. The molecule has 0 aliphatic heterocycles. The molecule has 1 unspecified atom stereocenters. The van der Waals surface area contributed by atoms with Crippen molar-refractivity contribution in [3.63, 3.8) is 0 Å². The van der Waals surface area contributed by atoms with Crippen molar-refractivity contribution in [2.45, 2.75) is 32.1 Å². The van der Waals surface area contributed by atoms with E-state index in [-0.39, 0.29) is 0 Å². The maximum atomic E-state index is 3.64. The van der Waals surface area contributed by atoms with Gasteiger partial charge in [-0.15, -0.1) is 0 Å². The molecule has 19 heavy (non-hydrogen) atoms. The number of para-hydroxylation sites is 1. The van der Waals surface area contributed by atoms with E-state index in [1.807, 2.05) is 0 Å². The van der Waals surface area contributed by atoms with Crippen molar-refractivity contribution in [1.82, 2.24) is 0 Å². The Morgan fingerprint density at radius 2 is 1.79 bits per heavy atom. The third-order valence-corrected chi connectivity index (χ3v) is 4.08. The zero-order valence-electron chi connectivity index (χ0n) is 11.7. The van der Waals surface area contributed by atoms with Gasteiger partial charge in [0.15, 0.2) is 0 Å². The predicted molar refractivity (Wildman–Crippen MR) is 81.9 cm³/mol. The van der Waals surface area contributed by atoms with Crippen LogP contribution in [0.2, 0.25) is 0 Å². The summed E-state index contributed by atoms with van der Waals surface area (Å²) in [7, 11) is 0. The van der Waals surface area contributed by atoms with Crippen molar-refractivity contribution in [2.75, 3.05) is 11.9 Å². The van der Waals surface area contributed by atoms with E-state index in [9.17, 15) is 0 Å². The Morgan fingerprint density at radius 3 is 2.58 bits per heavy atom. The smallest absolute Gasteiger partial charge is 0.0375 e. The molecule has 0 saturated heterocycles. The summed E-state index contributed by atoms with van der Waals surface area (Å²) in [6, 6.07) is 17.4. The van der Waals surface area contributed by atoms with Gasteiger partial charge in [0.1, 0.15) is 0 Å². The summed E-state index contributed by atoms with van der Waals surface area (Å²) < 4.78 is 0. The topological polar surface area (TPSA) is 12.0 Å². The third kappa shape index (κ3) is 2.37. The highest BCUT2D eigenvalue weighted by Gasteiger charge is 2.25. The molecule has 0 saturated carbocycles. The highest BCUT2D eigenvalue weighted by atomic mass is 14.9. The minimum atomic E-state index is 0.567. The van der Waals surface area contributed by atoms with E-state index in [0.29, 0.717) is 11.8 Å². The molecule has 3 rings (SSSR count). The molecule has 2 aromatic carbocycles. The number of fused-ring (bicyclic) bond motifs is 1. The van der Waals surface area contributed by atoms with Crippen LogP contribution in [0.25, 0.3) is 0 Å². The van der Waals surface area contributed by atoms with Crippen molar-refractivity contribution < 1.29 is 0 Å². The van der Waals surface area contributed by atoms with Crippen LogP contribution in [0, 0.1) is 0 Å². The molecule has 1 nitrogen and oxygen atoms in total. The molecule has 0 radical (unpaired) electrons. The summed E-state index contributed by atoms with van der Waals surface area (Å²) in [5.41, 5.74) is 5.75. The van der Waals surface area contributed by atoms with Gasteiger partial charge in [-0.25, -0.2) is 0 Å². The van der Waals surface area contributed by atoms with Gasteiger partial charge in [0.2, 0.25) is 0 Å². The van der Waals surface area contributed by atoms with Crippen LogP contribution >= 0.6 is 0 Å². The lowest BCUT2D eigenvalue weighted by molar-refractivity contribution is 0.635. The molecule has 2 aromatic rings. The van der Waals surface area contributed by atoms with Crippen LogP contribution in [0.5, 0.6) is 0 Å². The van der Waals surface area contributed by atoms with Crippen molar-refractivity contribution in [1.29, 1.82) is 0 Å². The molecule has 0 heterocycles. The number of anilines is 1. The second-order valence-corrected chi connectivity index (χ2v) is 5.72. The van der Waals surface area contributed by atoms with E-state index < -0.39 is 0 Å². The van der Waals surface area contributed by atoms with Crippen molar-refractivity contribution >= 4 is 5.69 Å². The van der Waals surface area contributed by atoms with Crippen LogP contribution in [0.3, 0.4) is 0 Å². The van der Waals surface area contributed by atoms with Crippen LogP contribution in [-0.4, -0.2) is 6.54 Å². The maximum absolute atomic E-state index is 3.64. The molecule has 0 fully saturated rings. The number of hydrogen-bond acceptors (Lipinski definition) is 1. The van der Waals surface area contributed by atoms with Gasteiger partial charge in [-0.05, 0) is 35.1 Å². The predicted octanol–water partition coefficient (Wildman–Crippen LogP) is 4.56. The van der Waals surface area contributed by atoms with Gasteiger partial charge in [-0.3, -0.25) is 0 Å². The quantitative estimate of drug-likeness (QED) is 0.839. The van der Waals surface area contributed by atoms with E-state index in [1.165, 1.54) is 28.8 Å². The van der Waals surface area contributed by atoms with Crippen LogP contribution in [0.1, 0.15) is 42.4 Å². The van der Waals surface area contributed by atoms with E-state index in [0.717, 1.165) is 6.54 Å². The molecule has 0 spiro atoms. The Bertz CT molecular complexity index is 571. The fourth-order valence-corrected chi connectivity index (χ4v) is 2.94. The van der Waals surface area contributed by atoms with E-state index in [1.54, 1.807) is 0 Å². The van der Waals surface area contributed by atoms with E-state index in [2.05, 4.69) is 67.7 Å². The first-order valence-electron chi connectivity index (χ1n) is 7.16. The van der Waals surface area contributed by atoms with Gasteiger partial charge < -0.3 is 5.32 Å². The average molecular weight is 251 g/mol. The van der Waals surface area contributed by atoms with Crippen molar-refractivity contribution in [2.24, 2.45) is 0 Å². The molecule has 1 heteroatoms. The van der Waals surface area contributed by atoms with Gasteiger partial charge in [0.05, 0.1) is 0 Å². The zero-order valence-corrected chi connectivity index (χ0v) is 11.7. The summed E-state index contributed by atoms with van der Waals surface area (Å²) in [6.45, 7) is 5.54. The normalized spacial score (nSPS) is 16.9. The Hall–Kier alpha value is -1.76. The lowest BCUT2D eigenvalue weighted by atomic mass is 9.77. The fourth-order valence-electron chi connectivity index (χ4n) is 2.94. The first-order chi connectivity index (χ1) is 9.25. The molecule has 0 amide bonds. The second kappa shape index (κ2) is 5.08. The highest BCUT2D eigenvalue weighted by Crippen LogP contribution is 2.35. The van der Waals surface area contributed by atoms with Gasteiger partial charge in [-0.2, -0.15) is 0 Å². The van der Waals surface area contributed by atoms with E-state index >= 15 is 0 Å². The number of rotatable bonds is 4. The van der Waals surface area contributed by atoms with Crippen molar-refractivity contribution in [3.8, 4) is 0 Å². The molecular formula is C18H21N. The Labute approximate surface area is 115 Å². The first kappa shape index (κ1) is 12.3. The minimum absolute atomic E-state index is 0.567. The summed E-state index contributed by atoms with van der Waals surface area (Å²) in [5.74, 6) is 1.24. The molecule has 98 valence electrons. The molecule has 1 aliphatic rings. The molecular weight excluding hydrogens is 230 g/mol.